The molecule has 2 heterocycles. The summed E-state index contributed by atoms with van der Waals surface area (Å²) in [7, 11) is -2.25. The number of carbonyl (C=O) groups is 2. The summed E-state index contributed by atoms with van der Waals surface area (Å²) in [5.41, 5.74) is 0.271. The van der Waals surface area contributed by atoms with Crippen LogP contribution < -0.4 is 10.6 Å². The van der Waals surface area contributed by atoms with Crippen molar-refractivity contribution in [3.8, 4) is 0 Å². The number of nitrogens with zero attached hydrogens (tertiary/aromatic N) is 1. The summed E-state index contributed by atoms with van der Waals surface area (Å²) < 4.78 is 31.9. The van der Waals surface area contributed by atoms with Crippen LogP contribution in [0.25, 0.3) is 0 Å². The van der Waals surface area contributed by atoms with E-state index in [9.17, 15) is 18.0 Å². The summed E-state index contributed by atoms with van der Waals surface area (Å²) in [5, 5.41) is 5.39. The Hall–Kier alpha value is -2.65. The number of carbonyl (C=O) groups excluding carboxylic acids is 2. The number of rotatable bonds is 5. The van der Waals surface area contributed by atoms with Gasteiger partial charge in [0, 0.05) is 25.4 Å². The number of ether oxygens (including phenoxy) is 1. The van der Waals surface area contributed by atoms with E-state index in [2.05, 4.69) is 10.6 Å². The molecule has 1 saturated carbocycles. The maximum absolute atomic E-state index is 12.8. The first-order valence-electron chi connectivity index (χ1n) is 8.58. The van der Waals surface area contributed by atoms with Crippen molar-refractivity contribution in [3.05, 3.63) is 47.8 Å². The second kappa shape index (κ2) is 6.21. The Kier molecular flexibility index (Phi) is 4.08. The Balaban J connectivity index is 1.57. The lowest BCUT2D eigenvalue weighted by Crippen LogP contribution is -2.28. The maximum atomic E-state index is 12.8. The number of anilines is 1. The summed E-state index contributed by atoms with van der Waals surface area (Å²) in [6, 6.07) is 7.08. The van der Waals surface area contributed by atoms with Crippen molar-refractivity contribution in [2.75, 3.05) is 19.0 Å². The second-order valence-electron chi connectivity index (χ2n) is 6.75. The van der Waals surface area contributed by atoms with Crippen LogP contribution in [0, 0.1) is 0 Å². The average Bonchev–Trinajstić information content (AvgIpc) is 3.25. The molecule has 1 aliphatic carbocycles. The molecule has 0 radical (unpaired) electrons. The quantitative estimate of drug-likeness (QED) is 0.808. The molecule has 0 spiro atoms. The number of benzene rings is 1. The van der Waals surface area contributed by atoms with Crippen molar-refractivity contribution in [2.24, 2.45) is 0 Å². The molecule has 2 aliphatic rings. The molecule has 27 heavy (non-hydrogen) atoms. The van der Waals surface area contributed by atoms with Crippen molar-refractivity contribution in [1.82, 2.24) is 9.29 Å². The van der Waals surface area contributed by atoms with Gasteiger partial charge in [0.05, 0.1) is 11.3 Å². The fraction of sp³-hybridized carbons (Fsp3) is 0.333. The standard InChI is InChI=1S/C18H19N3O5S/c1-26-18(6-7-18)8-9-19-16(22)12-4-5-15-13(11-12)20-17(23)14-3-2-10-21(14)27(15,24)25/h2-5,10-11H,6-9H2,1H3,(H,19,22)(H,20,23). The third-order valence-corrected chi connectivity index (χ3v) is 6.83. The Bertz CT molecular complexity index is 1040. The van der Waals surface area contributed by atoms with Gasteiger partial charge in [-0.15, -0.1) is 0 Å². The lowest BCUT2D eigenvalue weighted by Gasteiger charge is -2.14. The highest BCUT2D eigenvalue weighted by Gasteiger charge is 2.42. The van der Waals surface area contributed by atoms with E-state index in [1.54, 1.807) is 7.11 Å². The molecule has 1 fully saturated rings. The van der Waals surface area contributed by atoms with Crippen LogP contribution in [0.4, 0.5) is 5.69 Å². The molecule has 2 amide bonds. The average molecular weight is 389 g/mol. The molecule has 8 nitrogen and oxygen atoms in total. The minimum atomic E-state index is -3.92. The zero-order valence-corrected chi connectivity index (χ0v) is 15.5. The summed E-state index contributed by atoms with van der Waals surface area (Å²) in [5.74, 6) is -0.879. The Morgan fingerprint density at radius 2 is 2.11 bits per heavy atom. The van der Waals surface area contributed by atoms with Gasteiger partial charge in [0.25, 0.3) is 21.8 Å². The Labute approximate surface area is 156 Å². The third-order valence-electron chi connectivity index (χ3n) is 5.08. The summed E-state index contributed by atoms with van der Waals surface area (Å²) in [6.07, 6.45) is 4.02. The van der Waals surface area contributed by atoms with Gasteiger partial charge in [-0.3, -0.25) is 9.59 Å². The highest BCUT2D eigenvalue weighted by Crippen LogP contribution is 2.41. The number of nitrogens with one attached hydrogen (secondary N) is 2. The molecule has 142 valence electrons. The molecule has 1 aliphatic heterocycles. The molecule has 4 rings (SSSR count). The van der Waals surface area contributed by atoms with Crippen LogP contribution in [-0.4, -0.2) is 43.5 Å². The number of fused-ring (bicyclic) bond motifs is 2. The van der Waals surface area contributed by atoms with Crippen LogP contribution in [0.2, 0.25) is 0 Å². The largest absolute Gasteiger partial charge is 0.378 e. The first-order chi connectivity index (χ1) is 12.9. The summed E-state index contributed by atoms with van der Waals surface area (Å²) in [6.45, 7) is 0.458. The number of hydrogen-bond acceptors (Lipinski definition) is 5. The molecule has 2 aromatic rings. The zero-order chi connectivity index (χ0) is 19.2. The van der Waals surface area contributed by atoms with Crippen LogP contribution in [0.5, 0.6) is 0 Å². The fourth-order valence-corrected chi connectivity index (χ4v) is 4.71. The van der Waals surface area contributed by atoms with Crippen molar-refractivity contribution in [2.45, 2.75) is 29.8 Å². The van der Waals surface area contributed by atoms with Gasteiger partial charge in [-0.2, -0.15) is 0 Å². The van der Waals surface area contributed by atoms with Crippen molar-refractivity contribution < 1.29 is 22.7 Å². The SMILES string of the molecule is COC1(CCNC(=O)c2ccc3c(c2)NC(=O)c2cccn2S3(=O)=O)CC1. The van der Waals surface area contributed by atoms with E-state index >= 15 is 0 Å². The van der Waals surface area contributed by atoms with E-state index < -0.39 is 15.9 Å². The number of aromatic nitrogens is 1. The van der Waals surface area contributed by atoms with E-state index in [4.69, 9.17) is 4.74 Å². The van der Waals surface area contributed by atoms with Gasteiger partial charge in [0.2, 0.25) is 0 Å². The maximum Gasteiger partial charge on any atom is 0.273 e. The van der Waals surface area contributed by atoms with Gasteiger partial charge in [0.15, 0.2) is 0 Å². The molecule has 0 saturated heterocycles. The fourth-order valence-electron chi connectivity index (χ4n) is 3.24. The molecule has 1 aromatic heterocycles. The highest BCUT2D eigenvalue weighted by atomic mass is 32.2. The molecule has 9 heteroatoms. The van der Waals surface area contributed by atoms with Gasteiger partial charge >= 0.3 is 0 Å². The van der Waals surface area contributed by atoms with E-state index in [0.717, 1.165) is 23.2 Å². The number of amides is 2. The minimum absolute atomic E-state index is 0.0199. The lowest BCUT2D eigenvalue weighted by molar-refractivity contribution is 0.0710. The van der Waals surface area contributed by atoms with E-state index in [1.807, 2.05) is 0 Å². The summed E-state index contributed by atoms with van der Waals surface area (Å²) in [4.78, 5) is 24.7. The number of methoxy groups -OCH3 is 1. The molecular formula is C18H19N3O5S. The van der Waals surface area contributed by atoms with Gasteiger partial charge in [-0.1, -0.05) is 0 Å². The first-order valence-corrected chi connectivity index (χ1v) is 10.0. The molecule has 0 unspecified atom stereocenters. The van der Waals surface area contributed by atoms with Crippen molar-refractivity contribution in [3.63, 3.8) is 0 Å². The highest BCUT2D eigenvalue weighted by molar-refractivity contribution is 7.90. The zero-order valence-electron chi connectivity index (χ0n) is 14.7. The number of hydrogen-bond donors (Lipinski definition) is 2. The molecular weight excluding hydrogens is 370 g/mol. The van der Waals surface area contributed by atoms with Crippen LogP contribution >= 0.6 is 0 Å². The van der Waals surface area contributed by atoms with Crippen LogP contribution in [0.1, 0.15) is 40.1 Å². The predicted molar refractivity (Wildman–Crippen MR) is 97.3 cm³/mol. The first kappa shape index (κ1) is 17.7. The van der Waals surface area contributed by atoms with Gasteiger partial charge in [-0.25, -0.2) is 12.4 Å². The van der Waals surface area contributed by atoms with E-state index in [0.29, 0.717) is 6.54 Å². The minimum Gasteiger partial charge on any atom is -0.378 e. The molecule has 2 N–H and O–H groups in total. The lowest BCUT2D eigenvalue weighted by atomic mass is 10.1. The monoisotopic (exact) mass is 389 g/mol. The summed E-state index contributed by atoms with van der Waals surface area (Å²) >= 11 is 0. The smallest absolute Gasteiger partial charge is 0.273 e. The normalized spacial score (nSPS) is 18.6. The van der Waals surface area contributed by atoms with Gasteiger partial charge in [0.1, 0.15) is 10.6 Å². The van der Waals surface area contributed by atoms with E-state index in [-0.39, 0.29) is 33.3 Å². The van der Waals surface area contributed by atoms with Gasteiger partial charge < -0.3 is 15.4 Å². The second-order valence-corrected chi connectivity index (χ2v) is 8.54. The topological polar surface area (TPSA) is 106 Å². The third kappa shape index (κ3) is 3.02. The molecule has 0 atom stereocenters. The van der Waals surface area contributed by atoms with Crippen LogP contribution in [-0.2, 0) is 14.8 Å². The van der Waals surface area contributed by atoms with Crippen LogP contribution in [0.15, 0.2) is 41.4 Å². The molecule has 0 bridgehead atoms. The van der Waals surface area contributed by atoms with Gasteiger partial charge in [-0.05, 0) is 49.6 Å². The Morgan fingerprint density at radius 1 is 1.33 bits per heavy atom. The Morgan fingerprint density at radius 3 is 2.81 bits per heavy atom. The van der Waals surface area contributed by atoms with E-state index in [1.165, 1.54) is 36.5 Å². The van der Waals surface area contributed by atoms with Crippen molar-refractivity contribution >= 4 is 27.5 Å². The van der Waals surface area contributed by atoms with Crippen molar-refractivity contribution in [1.29, 1.82) is 0 Å². The predicted octanol–water partition coefficient (Wildman–Crippen LogP) is 1.59. The van der Waals surface area contributed by atoms with Crippen LogP contribution in [0.3, 0.4) is 0 Å². The molecule has 1 aromatic carbocycles.